The van der Waals surface area contributed by atoms with E-state index in [4.69, 9.17) is 14.6 Å². The van der Waals surface area contributed by atoms with Gasteiger partial charge in [0.15, 0.2) is 11.5 Å². The topological polar surface area (TPSA) is 96.3 Å². The number of aromatic carboxylic acids is 1. The van der Waals surface area contributed by atoms with Gasteiger partial charge in [0.2, 0.25) is 12.7 Å². The molecule has 7 heteroatoms. The monoisotopic (exact) mass is 439 g/mol. The number of carboxylic acids is 1. The molecule has 0 aromatic heterocycles. The molecule has 7 nitrogen and oxygen atoms in total. The van der Waals surface area contributed by atoms with Gasteiger partial charge in [-0.3, -0.25) is 4.79 Å². The smallest absolute Gasteiger partial charge is 0.335 e. The first-order valence-corrected chi connectivity index (χ1v) is 11.2. The lowest BCUT2D eigenvalue weighted by Gasteiger charge is -2.26. The number of carbonyl (C=O) groups is 2. The Balaban J connectivity index is 1.23. The van der Waals surface area contributed by atoms with E-state index in [2.05, 4.69) is 0 Å². The SMILES string of the molecule is O=C(O)c1ccc(CCCN2C(=O)CC[C@@H]2CCC(O)Cc2ccc3c(c2)OCO3)cc1. The molecule has 2 aliphatic heterocycles. The van der Waals surface area contributed by atoms with Gasteiger partial charge in [0.1, 0.15) is 0 Å². The molecule has 0 saturated carbocycles. The number of amides is 1. The van der Waals surface area contributed by atoms with Crippen molar-refractivity contribution in [3.63, 3.8) is 0 Å². The van der Waals surface area contributed by atoms with E-state index in [0.717, 1.165) is 48.3 Å². The molecule has 2 heterocycles. The fourth-order valence-electron chi connectivity index (χ4n) is 4.49. The van der Waals surface area contributed by atoms with Crippen LogP contribution in [0.3, 0.4) is 0 Å². The van der Waals surface area contributed by atoms with Crippen LogP contribution < -0.4 is 9.47 Å². The number of aliphatic hydroxyl groups excluding tert-OH is 1. The molecular weight excluding hydrogens is 410 g/mol. The standard InChI is InChI=1S/C25H29NO6/c27-21(14-18-5-11-22-23(15-18)32-16-31-22)10-8-20-9-12-24(28)26(20)13-1-2-17-3-6-19(7-4-17)25(29)30/h3-7,11,15,20-21,27H,1-2,8-10,12-14,16H2,(H,29,30)/t20-,21?/m0/s1. The van der Waals surface area contributed by atoms with E-state index in [9.17, 15) is 14.7 Å². The summed E-state index contributed by atoms with van der Waals surface area (Å²) in [5, 5.41) is 19.5. The average molecular weight is 440 g/mol. The first-order chi connectivity index (χ1) is 15.5. The Bertz CT molecular complexity index is 957. The number of nitrogens with zero attached hydrogens (tertiary/aromatic N) is 1. The van der Waals surface area contributed by atoms with Gasteiger partial charge in [0.25, 0.3) is 0 Å². The zero-order chi connectivity index (χ0) is 22.5. The number of fused-ring (bicyclic) bond motifs is 1. The maximum Gasteiger partial charge on any atom is 0.335 e. The molecule has 1 unspecified atom stereocenters. The van der Waals surface area contributed by atoms with Gasteiger partial charge in [-0.1, -0.05) is 18.2 Å². The maximum absolute atomic E-state index is 12.4. The van der Waals surface area contributed by atoms with E-state index in [0.29, 0.717) is 25.8 Å². The van der Waals surface area contributed by atoms with Crippen molar-refractivity contribution in [1.29, 1.82) is 0 Å². The number of benzene rings is 2. The van der Waals surface area contributed by atoms with Gasteiger partial charge in [-0.25, -0.2) is 4.79 Å². The Kier molecular flexibility index (Phi) is 6.95. The number of likely N-dealkylation sites (tertiary alicyclic amines) is 1. The number of rotatable bonds is 10. The highest BCUT2D eigenvalue weighted by Crippen LogP contribution is 2.33. The number of aryl methyl sites for hydroxylation is 1. The zero-order valence-corrected chi connectivity index (χ0v) is 18.0. The number of ether oxygens (including phenoxy) is 2. The van der Waals surface area contributed by atoms with Crippen LogP contribution in [0.15, 0.2) is 42.5 Å². The third-order valence-electron chi connectivity index (χ3n) is 6.26. The predicted molar refractivity (Wildman–Crippen MR) is 118 cm³/mol. The summed E-state index contributed by atoms with van der Waals surface area (Å²) >= 11 is 0. The summed E-state index contributed by atoms with van der Waals surface area (Å²) in [6.07, 6.45) is 4.52. The van der Waals surface area contributed by atoms with Gasteiger partial charge in [-0.2, -0.15) is 0 Å². The molecule has 2 aliphatic rings. The maximum atomic E-state index is 12.4. The summed E-state index contributed by atoms with van der Waals surface area (Å²) in [6, 6.07) is 12.8. The second-order valence-corrected chi connectivity index (χ2v) is 8.51. The van der Waals surface area contributed by atoms with Crippen LogP contribution in [-0.4, -0.2) is 52.5 Å². The van der Waals surface area contributed by atoms with E-state index >= 15 is 0 Å². The summed E-state index contributed by atoms with van der Waals surface area (Å²) in [5.74, 6) is 0.713. The highest BCUT2D eigenvalue weighted by atomic mass is 16.7. The molecule has 4 rings (SSSR count). The molecule has 1 fully saturated rings. The largest absolute Gasteiger partial charge is 0.478 e. The third-order valence-corrected chi connectivity index (χ3v) is 6.26. The highest BCUT2D eigenvalue weighted by molar-refractivity contribution is 5.87. The van der Waals surface area contributed by atoms with Crippen molar-refractivity contribution in [1.82, 2.24) is 4.90 Å². The lowest BCUT2D eigenvalue weighted by molar-refractivity contribution is -0.129. The van der Waals surface area contributed by atoms with Gasteiger partial charge < -0.3 is 24.6 Å². The minimum atomic E-state index is -0.928. The number of aliphatic hydroxyl groups is 1. The highest BCUT2D eigenvalue weighted by Gasteiger charge is 2.30. The van der Waals surface area contributed by atoms with Crippen molar-refractivity contribution in [2.75, 3.05) is 13.3 Å². The molecule has 32 heavy (non-hydrogen) atoms. The number of hydrogen-bond donors (Lipinski definition) is 2. The quantitative estimate of drug-likeness (QED) is 0.589. The van der Waals surface area contributed by atoms with Crippen LogP contribution in [0.5, 0.6) is 11.5 Å². The molecule has 1 saturated heterocycles. The third kappa shape index (κ3) is 5.40. The van der Waals surface area contributed by atoms with Crippen LogP contribution in [0, 0.1) is 0 Å². The summed E-state index contributed by atoms with van der Waals surface area (Å²) < 4.78 is 10.7. The van der Waals surface area contributed by atoms with Crippen LogP contribution in [0.4, 0.5) is 0 Å². The summed E-state index contributed by atoms with van der Waals surface area (Å²) in [6.45, 7) is 0.920. The zero-order valence-electron chi connectivity index (χ0n) is 18.0. The number of hydrogen-bond acceptors (Lipinski definition) is 5. The number of carbonyl (C=O) groups excluding carboxylic acids is 1. The van der Waals surface area contributed by atoms with Gasteiger partial charge in [0, 0.05) is 19.0 Å². The fourth-order valence-corrected chi connectivity index (χ4v) is 4.49. The van der Waals surface area contributed by atoms with Crippen molar-refractivity contribution in [2.24, 2.45) is 0 Å². The van der Waals surface area contributed by atoms with Crippen LogP contribution in [0.1, 0.15) is 53.6 Å². The summed E-state index contributed by atoms with van der Waals surface area (Å²) in [7, 11) is 0. The van der Waals surface area contributed by atoms with Crippen LogP contribution in [0.25, 0.3) is 0 Å². The van der Waals surface area contributed by atoms with Gasteiger partial charge >= 0.3 is 5.97 Å². The lowest BCUT2D eigenvalue weighted by Crippen LogP contribution is -2.34. The molecule has 1 amide bonds. The van der Waals surface area contributed by atoms with Crippen molar-refractivity contribution in [2.45, 2.75) is 57.1 Å². The van der Waals surface area contributed by atoms with Gasteiger partial charge in [-0.05, 0) is 73.9 Å². The van der Waals surface area contributed by atoms with Crippen LogP contribution in [0.2, 0.25) is 0 Å². The van der Waals surface area contributed by atoms with Crippen molar-refractivity contribution in [3.8, 4) is 11.5 Å². The van der Waals surface area contributed by atoms with E-state index < -0.39 is 12.1 Å². The Morgan fingerprint density at radius 1 is 1.09 bits per heavy atom. The van der Waals surface area contributed by atoms with Crippen LogP contribution in [-0.2, 0) is 17.6 Å². The van der Waals surface area contributed by atoms with Crippen molar-refractivity contribution >= 4 is 11.9 Å². The molecule has 2 atom stereocenters. The van der Waals surface area contributed by atoms with E-state index in [-0.39, 0.29) is 24.3 Å². The Morgan fingerprint density at radius 3 is 2.62 bits per heavy atom. The molecule has 2 aromatic rings. The molecule has 0 bridgehead atoms. The van der Waals surface area contributed by atoms with E-state index in [1.807, 2.05) is 35.2 Å². The van der Waals surface area contributed by atoms with E-state index in [1.54, 1.807) is 12.1 Å². The van der Waals surface area contributed by atoms with Gasteiger partial charge in [-0.15, -0.1) is 0 Å². The first-order valence-electron chi connectivity index (χ1n) is 11.2. The molecule has 170 valence electrons. The molecule has 0 radical (unpaired) electrons. The van der Waals surface area contributed by atoms with Gasteiger partial charge in [0.05, 0.1) is 11.7 Å². The van der Waals surface area contributed by atoms with Crippen molar-refractivity contribution < 1.29 is 29.3 Å². The molecule has 0 spiro atoms. The second kappa shape index (κ2) is 10.0. The van der Waals surface area contributed by atoms with E-state index in [1.165, 1.54) is 0 Å². The first kappa shape index (κ1) is 22.1. The minimum absolute atomic E-state index is 0.170. The Labute approximate surface area is 187 Å². The summed E-state index contributed by atoms with van der Waals surface area (Å²) in [4.78, 5) is 25.3. The second-order valence-electron chi connectivity index (χ2n) is 8.51. The lowest BCUT2D eigenvalue weighted by atomic mass is 10.00. The fraction of sp³-hybridized carbons (Fsp3) is 0.440. The Hall–Kier alpha value is -3.06. The minimum Gasteiger partial charge on any atom is -0.478 e. The average Bonchev–Trinajstić information content (AvgIpc) is 3.39. The van der Waals surface area contributed by atoms with Crippen LogP contribution >= 0.6 is 0 Å². The number of carboxylic acid groups (broad SMARTS) is 1. The Morgan fingerprint density at radius 2 is 1.84 bits per heavy atom. The predicted octanol–water partition coefficient (Wildman–Crippen LogP) is 3.42. The molecule has 2 N–H and O–H groups in total. The molecular formula is C25H29NO6. The molecule has 2 aromatic carbocycles. The summed E-state index contributed by atoms with van der Waals surface area (Å²) in [5.41, 5.74) is 2.36. The van der Waals surface area contributed by atoms with Crippen molar-refractivity contribution in [3.05, 3.63) is 59.2 Å². The normalized spacial score (nSPS) is 18.2. The molecule has 0 aliphatic carbocycles.